The van der Waals surface area contributed by atoms with Gasteiger partial charge >= 0.3 is 0 Å². The largest absolute Gasteiger partial charge is 0.377 e. The summed E-state index contributed by atoms with van der Waals surface area (Å²) in [6, 6.07) is 8.69. The van der Waals surface area contributed by atoms with E-state index in [9.17, 15) is 4.79 Å². The van der Waals surface area contributed by atoms with Crippen molar-refractivity contribution in [2.75, 3.05) is 20.2 Å². The topological polar surface area (TPSA) is 55.3 Å². The maximum atomic E-state index is 13.0. The molecule has 1 amide bonds. The lowest BCUT2D eigenvalue weighted by atomic mass is 9.64. The van der Waals surface area contributed by atoms with Crippen molar-refractivity contribution < 1.29 is 9.53 Å². The summed E-state index contributed by atoms with van der Waals surface area (Å²) in [5.41, 5.74) is 5.21. The highest BCUT2D eigenvalue weighted by Crippen LogP contribution is 2.48. The lowest BCUT2D eigenvalue weighted by molar-refractivity contribution is 0.0497. The second kappa shape index (κ2) is 7.04. The fraction of sp³-hybridized carbons (Fsp3) is 0.500. The van der Waals surface area contributed by atoms with Gasteiger partial charge in [0.25, 0.3) is 5.91 Å². The number of likely N-dealkylation sites (tertiary alicyclic amines) is 1. The average Bonchev–Trinajstić information content (AvgIpc) is 2.71. The van der Waals surface area contributed by atoms with Gasteiger partial charge < -0.3 is 9.64 Å². The van der Waals surface area contributed by atoms with Gasteiger partial charge in [-0.15, -0.1) is 0 Å². The minimum atomic E-state index is 0.0340. The van der Waals surface area contributed by atoms with Crippen molar-refractivity contribution in [1.82, 2.24) is 14.9 Å². The van der Waals surface area contributed by atoms with Crippen molar-refractivity contribution >= 4 is 5.91 Å². The van der Waals surface area contributed by atoms with E-state index in [0.717, 1.165) is 50.0 Å². The molecule has 27 heavy (non-hydrogen) atoms. The molecule has 1 atom stereocenters. The molecular formula is C22H27N3O2. The van der Waals surface area contributed by atoms with E-state index in [4.69, 9.17) is 4.74 Å². The number of ether oxygens (including phenoxy) is 1. The van der Waals surface area contributed by atoms with Crippen molar-refractivity contribution in [2.45, 2.75) is 51.0 Å². The number of rotatable bonds is 2. The number of carbonyl (C=O) groups excluding carboxylic acids is 1. The molecule has 2 heterocycles. The molecule has 1 unspecified atom stereocenters. The first-order valence-corrected chi connectivity index (χ1v) is 9.75. The molecule has 1 spiro atoms. The van der Waals surface area contributed by atoms with E-state index in [1.165, 1.54) is 17.5 Å². The van der Waals surface area contributed by atoms with Gasteiger partial charge in [-0.2, -0.15) is 0 Å². The molecule has 1 aliphatic heterocycles. The van der Waals surface area contributed by atoms with Crippen molar-refractivity contribution in [3.8, 4) is 0 Å². The first-order valence-electron chi connectivity index (χ1n) is 9.75. The third-order valence-electron chi connectivity index (χ3n) is 6.60. The third kappa shape index (κ3) is 3.04. The van der Waals surface area contributed by atoms with Crippen LogP contribution in [0, 0.1) is 13.8 Å². The molecule has 1 aromatic carbocycles. The average molecular weight is 365 g/mol. The molecule has 0 radical (unpaired) electrons. The summed E-state index contributed by atoms with van der Waals surface area (Å²) in [5.74, 6) is 0.0340. The Morgan fingerprint density at radius 3 is 2.63 bits per heavy atom. The van der Waals surface area contributed by atoms with Crippen molar-refractivity contribution in [3.05, 3.63) is 58.7 Å². The molecule has 4 rings (SSSR count). The Morgan fingerprint density at radius 2 is 1.89 bits per heavy atom. The number of hydrogen-bond donors (Lipinski definition) is 0. The minimum absolute atomic E-state index is 0.0340. The van der Waals surface area contributed by atoms with Gasteiger partial charge in [-0.05, 0) is 56.1 Å². The number of benzene rings is 1. The standard InChI is InChI=1S/C22H27N3O2/c1-15-16(2)23-14-24-20(15)21(26)25-12-10-22(11-13-25)9-8-19(27-3)17-6-4-5-7-18(17)22/h4-7,14,19H,8-13H2,1-3H3. The maximum absolute atomic E-state index is 13.0. The van der Waals surface area contributed by atoms with Gasteiger partial charge in [0.2, 0.25) is 0 Å². The highest BCUT2D eigenvalue weighted by molar-refractivity contribution is 5.93. The van der Waals surface area contributed by atoms with Gasteiger partial charge in [0.15, 0.2) is 0 Å². The van der Waals surface area contributed by atoms with Crippen LogP contribution < -0.4 is 0 Å². The molecule has 1 fully saturated rings. The lowest BCUT2D eigenvalue weighted by Crippen LogP contribution is -2.47. The molecule has 0 N–H and O–H groups in total. The smallest absolute Gasteiger partial charge is 0.272 e. The van der Waals surface area contributed by atoms with Crippen LogP contribution in [0.3, 0.4) is 0 Å². The Hall–Kier alpha value is -2.27. The number of aryl methyl sites for hydroxylation is 1. The highest BCUT2D eigenvalue weighted by Gasteiger charge is 2.42. The van der Waals surface area contributed by atoms with E-state index in [0.29, 0.717) is 5.69 Å². The Morgan fingerprint density at radius 1 is 1.15 bits per heavy atom. The van der Waals surface area contributed by atoms with E-state index in [1.54, 1.807) is 7.11 Å². The summed E-state index contributed by atoms with van der Waals surface area (Å²) in [4.78, 5) is 23.4. The molecule has 1 aromatic heterocycles. The molecule has 0 saturated carbocycles. The summed E-state index contributed by atoms with van der Waals surface area (Å²) in [6.07, 6.45) is 5.84. The Bertz CT molecular complexity index is 856. The van der Waals surface area contributed by atoms with Gasteiger partial charge in [-0.3, -0.25) is 4.79 Å². The molecule has 2 aliphatic rings. The van der Waals surface area contributed by atoms with Crippen LogP contribution in [0.4, 0.5) is 0 Å². The number of carbonyl (C=O) groups is 1. The number of aromatic nitrogens is 2. The van der Waals surface area contributed by atoms with E-state index < -0.39 is 0 Å². The first kappa shape index (κ1) is 18.1. The van der Waals surface area contributed by atoms with Crippen LogP contribution in [-0.4, -0.2) is 41.0 Å². The molecular weight excluding hydrogens is 338 g/mol. The summed E-state index contributed by atoms with van der Waals surface area (Å²) in [7, 11) is 1.80. The van der Waals surface area contributed by atoms with E-state index in [-0.39, 0.29) is 17.4 Å². The summed E-state index contributed by atoms with van der Waals surface area (Å²) >= 11 is 0. The Kier molecular flexibility index (Phi) is 4.72. The summed E-state index contributed by atoms with van der Waals surface area (Å²) in [6.45, 7) is 5.39. The zero-order valence-corrected chi connectivity index (χ0v) is 16.4. The molecule has 2 aromatic rings. The maximum Gasteiger partial charge on any atom is 0.272 e. The Balaban J connectivity index is 1.55. The zero-order chi connectivity index (χ0) is 19.0. The Labute approximate surface area is 160 Å². The zero-order valence-electron chi connectivity index (χ0n) is 16.4. The van der Waals surface area contributed by atoms with Crippen LogP contribution in [0.15, 0.2) is 30.6 Å². The van der Waals surface area contributed by atoms with E-state index in [1.807, 2.05) is 18.7 Å². The number of hydrogen-bond acceptors (Lipinski definition) is 4. The minimum Gasteiger partial charge on any atom is -0.377 e. The van der Waals surface area contributed by atoms with Crippen molar-refractivity contribution in [3.63, 3.8) is 0 Å². The highest BCUT2D eigenvalue weighted by atomic mass is 16.5. The van der Waals surface area contributed by atoms with Gasteiger partial charge in [-0.1, -0.05) is 24.3 Å². The summed E-state index contributed by atoms with van der Waals surface area (Å²) in [5, 5.41) is 0. The van der Waals surface area contributed by atoms with Crippen LogP contribution in [0.25, 0.3) is 0 Å². The molecule has 5 heteroatoms. The number of methoxy groups -OCH3 is 1. The SMILES string of the molecule is COC1CCC2(CCN(C(=O)c3ncnc(C)c3C)CC2)c2ccccc21. The molecule has 1 saturated heterocycles. The number of fused-ring (bicyclic) bond motifs is 2. The summed E-state index contributed by atoms with van der Waals surface area (Å²) < 4.78 is 5.71. The van der Waals surface area contributed by atoms with Crippen LogP contribution in [0.1, 0.15) is 64.7 Å². The van der Waals surface area contributed by atoms with E-state index in [2.05, 4.69) is 34.2 Å². The molecule has 0 bridgehead atoms. The second-order valence-corrected chi connectivity index (χ2v) is 7.86. The second-order valence-electron chi connectivity index (χ2n) is 7.86. The number of amides is 1. The normalized spacial score (nSPS) is 21.1. The van der Waals surface area contributed by atoms with Gasteiger partial charge in [-0.25, -0.2) is 9.97 Å². The quantitative estimate of drug-likeness (QED) is 0.813. The van der Waals surface area contributed by atoms with Crippen LogP contribution in [0.2, 0.25) is 0 Å². The fourth-order valence-electron chi connectivity index (χ4n) is 4.76. The van der Waals surface area contributed by atoms with Gasteiger partial charge in [0.1, 0.15) is 12.0 Å². The van der Waals surface area contributed by atoms with E-state index >= 15 is 0 Å². The predicted molar refractivity (Wildman–Crippen MR) is 104 cm³/mol. The van der Waals surface area contributed by atoms with Crippen molar-refractivity contribution in [2.24, 2.45) is 0 Å². The molecule has 142 valence electrons. The van der Waals surface area contributed by atoms with Crippen LogP contribution in [0.5, 0.6) is 0 Å². The van der Waals surface area contributed by atoms with Crippen LogP contribution in [-0.2, 0) is 10.2 Å². The lowest BCUT2D eigenvalue weighted by Gasteiger charge is -2.47. The fourth-order valence-corrected chi connectivity index (χ4v) is 4.76. The monoisotopic (exact) mass is 365 g/mol. The molecule has 5 nitrogen and oxygen atoms in total. The van der Waals surface area contributed by atoms with Gasteiger partial charge in [0.05, 0.1) is 6.10 Å². The van der Waals surface area contributed by atoms with Crippen molar-refractivity contribution in [1.29, 1.82) is 0 Å². The third-order valence-corrected chi connectivity index (χ3v) is 6.60. The first-order chi connectivity index (χ1) is 13.1. The number of piperidine rings is 1. The number of nitrogens with zero attached hydrogens (tertiary/aromatic N) is 3. The molecule has 1 aliphatic carbocycles. The predicted octanol–water partition coefficient (Wildman–Crippen LogP) is 3.75. The van der Waals surface area contributed by atoms with Crippen LogP contribution >= 0.6 is 0 Å². The van der Waals surface area contributed by atoms with Gasteiger partial charge in [0, 0.05) is 31.5 Å².